The summed E-state index contributed by atoms with van der Waals surface area (Å²) in [6, 6.07) is 3.35. The van der Waals surface area contributed by atoms with Crippen molar-refractivity contribution in [3.63, 3.8) is 0 Å². The Morgan fingerprint density at radius 1 is 0.424 bits per heavy atom. The molecule has 3 saturated carbocycles. The summed E-state index contributed by atoms with van der Waals surface area (Å²) in [6.45, 7) is 26.0. The minimum absolute atomic E-state index is 0.0408. The molecule has 6 aliphatic rings. The Morgan fingerprint density at radius 2 is 0.784 bits per heavy atom. The highest BCUT2D eigenvalue weighted by molar-refractivity contribution is 6.13. The molecule has 0 bridgehead atoms. The van der Waals surface area contributed by atoms with Gasteiger partial charge in [0, 0.05) is 61.9 Å². The summed E-state index contributed by atoms with van der Waals surface area (Å²) in [5.41, 5.74) is 0.772. The second kappa shape index (κ2) is 67.7. The monoisotopic (exact) mass is 1790 g/mol. The van der Waals surface area contributed by atoms with Crippen LogP contribution in [0.5, 0.6) is 0 Å². The number of nitrogens with one attached hydrogen (secondary N) is 1. The van der Waals surface area contributed by atoms with Crippen LogP contribution in [0.2, 0.25) is 0 Å². The van der Waals surface area contributed by atoms with E-state index in [-0.39, 0.29) is 85.1 Å². The van der Waals surface area contributed by atoms with E-state index in [0.29, 0.717) is 323 Å². The molecule has 1 aromatic heterocycles. The van der Waals surface area contributed by atoms with Crippen molar-refractivity contribution in [2.75, 3.05) is 337 Å². The molecule has 37 nitrogen and oxygen atoms in total. The first-order chi connectivity index (χ1) is 61.2. The Bertz CT molecular complexity index is 3030. The molecule has 0 radical (unpaired) electrons. The second-order valence-electron chi connectivity index (χ2n) is 31.3. The highest BCUT2D eigenvalue weighted by atomic mass is 16.7. The normalized spacial score (nSPS) is 23.6. The van der Waals surface area contributed by atoms with Gasteiger partial charge >= 0.3 is 5.63 Å². The number of carbonyl (C=O) groups excluding carboxylic acids is 4. The van der Waals surface area contributed by atoms with Crippen molar-refractivity contribution in [2.24, 2.45) is 28.6 Å². The molecule has 4 aliphatic carbocycles. The van der Waals surface area contributed by atoms with E-state index >= 15 is 0 Å². The highest BCUT2D eigenvalue weighted by Gasteiger charge is 2.67. The maximum atomic E-state index is 12.9. The van der Waals surface area contributed by atoms with E-state index in [0.717, 1.165) is 61.8 Å². The standard InChI is InChI=1S/C88H148N2O35/c1-86-14-9-75(68-73(86)4-5-78-77(86)10-15-87(2)76(11-16-88(78,87)98)71-3-8-82(95)123-69-71)125-85-84(97)83(96)72(70-124-85)67-74(91)13-19-99-21-23-101-25-27-103-29-31-105-33-35-107-37-39-109-41-43-111-45-47-113-49-51-115-53-55-117-57-59-119-61-63-121-65-66-122-64-62-120-60-58-118-56-54-116-52-50-114-48-46-112-44-42-110-40-38-108-36-34-106-32-30-104-28-26-102-24-22-100-20-17-89-79(92)12-18-90-80(93)6-7-81(90)94/h3,6-8,68-69,72,75-78,83-85,96-98H,4-5,9-67,70H2,1-2H3,(H,89,92)/t72-,75-,76+,77?,78?,83-,84?,85+,86-,87+,88-/m0/s1. The molecule has 37 heteroatoms. The zero-order chi connectivity index (χ0) is 88.6. The third-order valence-corrected chi connectivity index (χ3v) is 22.9. The van der Waals surface area contributed by atoms with Gasteiger partial charge < -0.3 is 148 Å². The van der Waals surface area contributed by atoms with Crippen LogP contribution in [0.4, 0.5) is 0 Å². The first-order valence-corrected chi connectivity index (χ1v) is 45.1. The number of aliphatic hydroxyl groups excluding tert-OH is 2. The Labute approximate surface area is 737 Å². The van der Waals surface area contributed by atoms with Crippen molar-refractivity contribution in [3.8, 4) is 0 Å². The van der Waals surface area contributed by atoms with E-state index in [1.165, 1.54) is 23.8 Å². The van der Waals surface area contributed by atoms with Crippen LogP contribution in [0.3, 0.4) is 0 Å². The largest absolute Gasteiger partial charge is 0.431 e. The first-order valence-electron chi connectivity index (χ1n) is 45.1. The predicted molar refractivity (Wildman–Crippen MR) is 448 cm³/mol. The van der Waals surface area contributed by atoms with Crippen molar-refractivity contribution in [1.29, 1.82) is 0 Å². The minimum atomic E-state index is -1.30. The van der Waals surface area contributed by atoms with E-state index in [1.54, 1.807) is 6.26 Å². The Morgan fingerprint density at radius 3 is 1.14 bits per heavy atom. The maximum Gasteiger partial charge on any atom is 0.335 e. The van der Waals surface area contributed by atoms with Gasteiger partial charge in [-0.25, -0.2) is 4.79 Å². The smallest absolute Gasteiger partial charge is 0.335 e. The van der Waals surface area contributed by atoms with Crippen LogP contribution < -0.4 is 10.9 Å². The van der Waals surface area contributed by atoms with Gasteiger partial charge in [-0.3, -0.25) is 24.1 Å². The number of allylic oxidation sites excluding steroid dienone is 1. The molecule has 4 fully saturated rings. The van der Waals surface area contributed by atoms with E-state index in [4.69, 9.17) is 128 Å². The topological polar surface area (TPSA) is 414 Å². The molecule has 4 N–H and O–H groups in total. The SMILES string of the molecule is C[C@]12CC[C@H](O[C@H]3OC[C@H](CC(=O)CCOCCOCCOCCOCCOCCOCCOCCOCCOCCOCCOCCOCCOCCOCCOCCOCCOCCOCCOCCOCCOCCOCCOCCOCCNC(=O)CCN4C(=O)C=CC4=O)[C@H](O)C3O)C=C1CCC1C2CC[C@]2(C)[C@@H](c3ccc(=O)oc3)CC[C@]12O. The highest BCUT2D eigenvalue weighted by Crippen LogP contribution is 2.70. The molecule has 3 amide bonds. The summed E-state index contributed by atoms with van der Waals surface area (Å²) in [6.07, 6.45) is 9.50. The number of carbonyl (C=O) groups is 4. The molecule has 125 heavy (non-hydrogen) atoms. The number of ether oxygens (including phenoxy) is 26. The quantitative estimate of drug-likeness (QED) is 0.0413. The maximum absolute atomic E-state index is 12.9. The van der Waals surface area contributed by atoms with Gasteiger partial charge in [-0.2, -0.15) is 0 Å². The van der Waals surface area contributed by atoms with Crippen LogP contribution in [-0.4, -0.2) is 411 Å². The molecule has 0 aromatic carbocycles. The van der Waals surface area contributed by atoms with Gasteiger partial charge in [0.2, 0.25) is 5.91 Å². The van der Waals surface area contributed by atoms with Crippen LogP contribution in [0.1, 0.15) is 96.0 Å². The Balaban J connectivity index is 0.483. The van der Waals surface area contributed by atoms with Crippen LogP contribution >= 0.6 is 0 Å². The van der Waals surface area contributed by atoms with Crippen LogP contribution in [0.15, 0.2) is 51.4 Å². The van der Waals surface area contributed by atoms with E-state index < -0.39 is 41.8 Å². The fraction of sp³-hybridized carbons (Fsp3) is 0.852. The summed E-state index contributed by atoms with van der Waals surface area (Å²) in [5, 5.41) is 37.6. The molecule has 11 atom stereocenters. The van der Waals surface area contributed by atoms with Gasteiger partial charge in [-0.05, 0) is 86.2 Å². The molecule has 2 aliphatic heterocycles. The molecule has 1 saturated heterocycles. The van der Waals surface area contributed by atoms with Crippen LogP contribution in [-0.2, 0) is 142 Å². The summed E-state index contributed by atoms with van der Waals surface area (Å²) in [4.78, 5) is 60.5. The Hall–Kier alpha value is -4.45. The van der Waals surface area contributed by atoms with Crippen molar-refractivity contribution in [2.45, 2.75) is 121 Å². The molecule has 720 valence electrons. The van der Waals surface area contributed by atoms with Gasteiger partial charge in [-0.1, -0.05) is 25.5 Å². The number of hydrogen-bond donors (Lipinski definition) is 4. The third kappa shape index (κ3) is 43.6. The van der Waals surface area contributed by atoms with Crippen LogP contribution in [0.25, 0.3) is 0 Å². The Kier molecular flexibility index (Phi) is 58.3. The third-order valence-electron chi connectivity index (χ3n) is 22.9. The summed E-state index contributed by atoms with van der Waals surface area (Å²) >= 11 is 0. The van der Waals surface area contributed by atoms with Gasteiger partial charge in [0.1, 0.15) is 11.9 Å². The summed E-state index contributed by atoms with van der Waals surface area (Å²) in [5.74, 6) is -1.10. The van der Waals surface area contributed by atoms with Crippen molar-refractivity contribution >= 4 is 23.5 Å². The number of nitrogens with zero attached hydrogens (tertiary/aromatic N) is 1. The number of hydrogen-bond acceptors (Lipinski definition) is 35. The van der Waals surface area contributed by atoms with Crippen molar-refractivity contribution in [3.05, 3.63) is 58.2 Å². The number of fused-ring (bicyclic) bond motifs is 5. The van der Waals surface area contributed by atoms with Crippen LogP contribution in [0, 0.1) is 28.6 Å². The molecule has 7 rings (SSSR count). The second-order valence-corrected chi connectivity index (χ2v) is 31.3. The number of aliphatic hydroxyl groups is 3. The van der Waals surface area contributed by atoms with E-state index in [1.807, 2.05) is 6.07 Å². The summed E-state index contributed by atoms with van der Waals surface area (Å²) < 4.78 is 150. The number of amides is 3. The molecule has 3 unspecified atom stereocenters. The summed E-state index contributed by atoms with van der Waals surface area (Å²) in [7, 11) is 0. The van der Waals surface area contributed by atoms with Crippen molar-refractivity contribution < 1.29 is 162 Å². The zero-order valence-electron chi connectivity index (χ0n) is 74.3. The van der Waals surface area contributed by atoms with E-state index in [9.17, 15) is 39.3 Å². The lowest BCUT2D eigenvalue weighted by molar-refractivity contribution is -0.270. The average Bonchev–Trinajstić information content (AvgIpc) is 1.49. The van der Waals surface area contributed by atoms with E-state index in [2.05, 4.69) is 25.2 Å². The minimum Gasteiger partial charge on any atom is -0.431 e. The fourth-order valence-corrected chi connectivity index (χ4v) is 16.2. The number of Topliss-reactive ketones (excluding diaryl/α,β-unsaturated/α-hetero) is 1. The molecule has 0 spiro atoms. The zero-order valence-corrected chi connectivity index (χ0v) is 74.3. The molecular formula is C88H148N2O35. The molecular weight excluding hydrogens is 1640 g/mol. The van der Waals surface area contributed by atoms with Gasteiger partial charge in [-0.15, -0.1) is 0 Å². The average molecular weight is 1790 g/mol. The van der Waals surface area contributed by atoms with Gasteiger partial charge in [0.05, 0.1) is 348 Å². The number of ketones is 1. The molecule has 1 aromatic rings. The number of rotatable bonds is 83. The lowest BCUT2D eigenvalue weighted by Crippen LogP contribution is -2.60. The lowest BCUT2D eigenvalue weighted by Gasteiger charge is -2.62. The van der Waals surface area contributed by atoms with Gasteiger partial charge in [0.25, 0.3) is 11.8 Å². The van der Waals surface area contributed by atoms with Crippen molar-refractivity contribution in [1.82, 2.24) is 10.2 Å². The number of imide groups is 1. The molecule has 3 heterocycles. The first kappa shape index (κ1) is 108. The lowest BCUT2D eigenvalue weighted by atomic mass is 9.45. The van der Waals surface area contributed by atoms with Gasteiger partial charge in [0.15, 0.2) is 6.29 Å². The fourth-order valence-electron chi connectivity index (χ4n) is 16.2. The predicted octanol–water partition coefficient (Wildman–Crippen LogP) is 3.06.